The number of carbonyl (C=O) groups excluding carboxylic acids is 1. The first kappa shape index (κ1) is 28.8. The molecule has 0 aliphatic carbocycles. The summed E-state index contributed by atoms with van der Waals surface area (Å²) in [5, 5.41) is 0.650. The Kier molecular flexibility index (Phi) is 8.92. The van der Waals surface area contributed by atoms with Crippen LogP contribution in [-0.4, -0.2) is 67.5 Å². The van der Waals surface area contributed by atoms with E-state index in [0.717, 1.165) is 33.8 Å². The van der Waals surface area contributed by atoms with Gasteiger partial charge >= 0.3 is 0 Å². The maximum atomic E-state index is 13.9. The lowest BCUT2D eigenvalue weighted by atomic mass is 10.0. The third kappa shape index (κ3) is 5.82. The van der Waals surface area contributed by atoms with Gasteiger partial charge in [-0.3, -0.25) is 9.69 Å². The second-order valence-corrected chi connectivity index (χ2v) is 13.5. The van der Waals surface area contributed by atoms with Gasteiger partial charge in [-0.15, -0.1) is 11.8 Å². The fourth-order valence-electron chi connectivity index (χ4n) is 5.01. The van der Waals surface area contributed by atoms with E-state index in [0.29, 0.717) is 43.3 Å². The van der Waals surface area contributed by atoms with Crippen LogP contribution < -0.4 is 4.90 Å². The summed E-state index contributed by atoms with van der Waals surface area (Å²) in [4.78, 5) is 24.0. The van der Waals surface area contributed by atoms with Crippen LogP contribution in [0.1, 0.15) is 35.3 Å². The van der Waals surface area contributed by atoms with E-state index in [2.05, 4.69) is 24.8 Å². The van der Waals surface area contributed by atoms with Gasteiger partial charge in [0.2, 0.25) is 10.0 Å². The Bertz CT molecular complexity index is 1600. The minimum Gasteiger partial charge on any atom is -0.302 e. The fourth-order valence-corrected chi connectivity index (χ4v) is 8.07. The van der Waals surface area contributed by atoms with Gasteiger partial charge in [-0.05, 0) is 73.3 Å². The van der Waals surface area contributed by atoms with Crippen LogP contribution in [0.15, 0.2) is 76.5 Å². The number of nitrogens with zero attached hydrogens (tertiary/aromatic N) is 4. The normalized spacial score (nSPS) is 14.0. The minimum absolute atomic E-state index is 0.187. The van der Waals surface area contributed by atoms with E-state index in [-0.39, 0.29) is 10.8 Å². The quantitative estimate of drug-likeness (QED) is 0.218. The number of rotatable bonds is 10. The number of benzene rings is 3. The number of hydrogen-bond acceptors (Lipinski definition) is 7. The number of para-hydroxylation sites is 1. The van der Waals surface area contributed by atoms with Crippen molar-refractivity contribution < 1.29 is 13.2 Å². The number of likely N-dealkylation sites (N-methyl/N-ethyl adjacent to an activating group) is 1. The number of hydrogen-bond donors (Lipinski definition) is 0. The SMILES string of the molecule is CCN(CC)CCN(C(=O)c1ccc(S(=O)(=O)N2CCc3ccccc3C2)cc1)c1nc2c(SC)cccc2s1. The van der Waals surface area contributed by atoms with Crippen molar-refractivity contribution in [1.82, 2.24) is 14.2 Å². The Morgan fingerprint density at radius 1 is 0.975 bits per heavy atom. The van der Waals surface area contributed by atoms with Crippen molar-refractivity contribution in [1.29, 1.82) is 0 Å². The molecule has 5 rings (SSSR count). The molecule has 0 atom stereocenters. The van der Waals surface area contributed by atoms with E-state index in [1.54, 1.807) is 40.9 Å². The molecule has 4 aromatic rings. The number of aromatic nitrogens is 1. The molecular weight excluding hydrogens is 561 g/mol. The van der Waals surface area contributed by atoms with Gasteiger partial charge in [0, 0.05) is 36.6 Å². The van der Waals surface area contributed by atoms with Gasteiger partial charge in [0.1, 0.15) is 0 Å². The first-order valence-corrected chi connectivity index (χ1v) is 17.0. The number of amides is 1. The fraction of sp³-hybridized carbons (Fsp3) is 0.333. The Labute approximate surface area is 244 Å². The van der Waals surface area contributed by atoms with E-state index in [1.807, 2.05) is 42.7 Å². The van der Waals surface area contributed by atoms with Crippen molar-refractivity contribution in [2.24, 2.45) is 0 Å². The highest BCUT2D eigenvalue weighted by Crippen LogP contribution is 2.35. The summed E-state index contributed by atoms with van der Waals surface area (Å²) in [5.74, 6) is -0.187. The molecule has 0 N–H and O–H groups in total. The number of thioether (sulfide) groups is 1. The molecule has 0 radical (unpaired) electrons. The molecule has 10 heteroatoms. The number of thiazole rings is 1. The van der Waals surface area contributed by atoms with E-state index < -0.39 is 10.0 Å². The monoisotopic (exact) mass is 594 g/mol. The standard InChI is InChI=1S/C30H34N4O3S3/c1-4-32(5-2)19-20-34(30-31-28-26(38-3)11-8-12-27(28)39-30)29(35)23-13-15-25(16-14-23)40(36,37)33-18-17-22-9-6-7-10-24(22)21-33/h6-16H,4-5,17-21H2,1-3H3. The molecule has 0 saturated carbocycles. The van der Waals surface area contributed by atoms with Gasteiger partial charge in [-0.25, -0.2) is 13.4 Å². The van der Waals surface area contributed by atoms with Gasteiger partial charge in [0.05, 0.1) is 15.1 Å². The van der Waals surface area contributed by atoms with Gasteiger partial charge in [-0.2, -0.15) is 4.31 Å². The lowest BCUT2D eigenvalue weighted by Gasteiger charge is -2.28. The Hall–Kier alpha value is -2.76. The van der Waals surface area contributed by atoms with Crippen LogP contribution in [0.4, 0.5) is 5.13 Å². The maximum Gasteiger partial charge on any atom is 0.260 e. The van der Waals surface area contributed by atoms with Crippen LogP contribution in [-0.2, 0) is 23.0 Å². The molecule has 7 nitrogen and oxygen atoms in total. The molecule has 1 amide bonds. The Balaban J connectivity index is 1.41. The molecule has 40 heavy (non-hydrogen) atoms. The molecule has 0 spiro atoms. The predicted octanol–water partition coefficient (Wildman–Crippen LogP) is 5.75. The van der Waals surface area contributed by atoms with Crippen molar-refractivity contribution in [3.8, 4) is 0 Å². The summed E-state index contributed by atoms with van der Waals surface area (Å²) in [6.45, 7) is 8.00. The summed E-state index contributed by atoms with van der Waals surface area (Å²) in [6.07, 6.45) is 2.71. The highest BCUT2D eigenvalue weighted by molar-refractivity contribution is 7.98. The average molecular weight is 595 g/mol. The molecule has 0 fully saturated rings. The molecule has 3 aromatic carbocycles. The second-order valence-electron chi connectivity index (χ2n) is 9.67. The molecular formula is C30H34N4O3S3. The van der Waals surface area contributed by atoms with E-state index in [9.17, 15) is 13.2 Å². The smallest absolute Gasteiger partial charge is 0.260 e. The van der Waals surface area contributed by atoms with Crippen molar-refractivity contribution in [3.63, 3.8) is 0 Å². The van der Waals surface area contributed by atoms with Gasteiger partial charge < -0.3 is 4.90 Å². The lowest BCUT2D eigenvalue weighted by Crippen LogP contribution is -2.39. The summed E-state index contributed by atoms with van der Waals surface area (Å²) in [7, 11) is -3.68. The minimum atomic E-state index is -3.68. The first-order chi connectivity index (χ1) is 19.3. The van der Waals surface area contributed by atoms with E-state index >= 15 is 0 Å². The summed E-state index contributed by atoms with van der Waals surface area (Å²) in [5.41, 5.74) is 3.57. The van der Waals surface area contributed by atoms with Crippen LogP contribution in [0, 0.1) is 0 Å². The highest BCUT2D eigenvalue weighted by atomic mass is 32.2. The molecule has 1 aromatic heterocycles. The predicted molar refractivity (Wildman–Crippen MR) is 165 cm³/mol. The van der Waals surface area contributed by atoms with Crippen LogP contribution in [0.5, 0.6) is 0 Å². The molecule has 1 aliphatic heterocycles. The molecule has 210 valence electrons. The zero-order valence-electron chi connectivity index (χ0n) is 23.0. The topological polar surface area (TPSA) is 73.8 Å². The number of fused-ring (bicyclic) bond motifs is 2. The zero-order valence-corrected chi connectivity index (χ0v) is 25.5. The van der Waals surface area contributed by atoms with Gasteiger partial charge in [0.15, 0.2) is 5.13 Å². The van der Waals surface area contributed by atoms with Crippen molar-refractivity contribution in [2.45, 2.75) is 36.6 Å². The Morgan fingerprint density at radius 3 is 2.40 bits per heavy atom. The first-order valence-electron chi connectivity index (χ1n) is 13.5. The molecule has 0 saturated heterocycles. The second kappa shape index (κ2) is 12.4. The highest BCUT2D eigenvalue weighted by Gasteiger charge is 2.29. The van der Waals surface area contributed by atoms with Gasteiger partial charge in [0.25, 0.3) is 5.91 Å². The average Bonchev–Trinajstić information content (AvgIpc) is 3.43. The van der Waals surface area contributed by atoms with Crippen LogP contribution in [0.3, 0.4) is 0 Å². The largest absolute Gasteiger partial charge is 0.302 e. The third-order valence-corrected chi connectivity index (χ3v) is 11.1. The summed E-state index contributed by atoms with van der Waals surface area (Å²) >= 11 is 3.14. The van der Waals surface area contributed by atoms with Crippen LogP contribution in [0.25, 0.3) is 10.2 Å². The molecule has 1 aliphatic rings. The number of carbonyl (C=O) groups is 1. The van der Waals surface area contributed by atoms with Crippen LogP contribution >= 0.6 is 23.1 Å². The van der Waals surface area contributed by atoms with E-state index in [4.69, 9.17) is 4.98 Å². The van der Waals surface area contributed by atoms with Crippen molar-refractivity contribution in [3.05, 3.63) is 83.4 Å². The summed E-state index contributed by atoms with van der Waals surface area (Å²) < 4.78 is 29.5. The number of anilines is 1. The number of sulfonamides is 1. The van der Waals surface area contributed by atoms with E-state index in [1.165, 1.54) is 21.2 Å². The molecule has 2 heterocycles. The Morgan fingerprint density at radius 2 is 1.70 bits per heavy atom. The van der Waals surface area contributed by atoms with Crippen molar-refractivity contribution in [2.75, 3.05) is 43.9 Å². The van der Waals surface area contributed by atoms with Crippen molar-refractivity contribution >= 4 is 54.4 Å². The molecule has 0 bridgehead atoms. The van der Waals surface area contributed by atoms with Gasteiger partial charge in [-0.1, -0.05) is 55.5 Å². The zero-order chi connectivity index (χ0) is 28.3. The molecule has 0 unspecified atom stereocenters. The maximum absolute atomic E-state index is 13.9. The summed E-state index contributed by atoms with van der Waals surface area (Å²) in [6, 6.07) is 20.4. The third-order valence-electron chi connectivity index (χ3n) is 7.44. The lowest BCUT2D eigenvalue weighted by molar-refractivity contribution is 0.0983. The van der Waals surface area contributed by atoms with Crippen LogP contribution in [0.2, 0.25) is 0 Å².